The third-order valence-electron chi connectivity index (χ3n) is 5.48. The predicted octanol–water partition coefficient (Wildman–Crippen LogP) is 2.32. The van der Waals surface area contributed by atoms with Gasteiger partial charge in [0.25, 0.3) is 5.91 Å². The Balaban J connectivity index is 1.51. The monoisotopic (exact) mass is 393 g/mol. The molecule has 7 heteroatoms. The minimum Gasteiger partial charge on any atom is -0.352 e. The smallest absolute Gasteiger partial charge is 0.251 e. The second kappa shape index (κ2) is 9.17. The number of sulfonamides is 1. The Hall–Kier alpha value is -1.44. The lowest BCUT2D eigenvalue weighted by Crippen LogP contribution is -2.36. The van der Waals surface area contributed by atoms with Crippen LogP contribution in [0.15, 0.2) is 29.2 Å². The Morgan fingerprint density at radius 3 is 2.70 bits per heavy atom. The first kappa shape index (κ1) is 20.3. The van der Waals surface area contributed by atoms with E-state index < -0.39 is 10.0 Å². The number of hydrogen-bond acceptors (Lipinski definition) is 4. The Kier molecular flexibility index (Phi) is 6.89. The number of nitrogens with one attached hydrogen (secondary N) is 1. The van der Waals surface area contributed by atoms with Crippen molar-refractivity contribution in [1.82, 2.24) is 14.5 Å². The van der Waals surface area contributed by atoms with Gasteiger partial charge in [-0.3, -0.25) is 4.79 Å². The summed E-state index contributed by atoms with van der Waals surface area (Å²) in [4.78, 5) is 15.1. The first-order valence-electron chi connectivity index (χ1n) is 10.1. The van der Waals surface area contributed by atoms with Crippen LogP contribution in [0.4, 0.5) is 0 Å². The van der Waals surface area contributed by atoms with Crippen molar-refractivity contribution >= 4 is 15.9 Å². The SMILES string of the molecule is C[C@H]1CCCN(CCCNC(=O)c2cccc(S(=O)(=O)N3CCCC3)c2)C1. The molecule has 2 aliphatic rings. The lowest BCUT2D eigenvalue weighted by Gasteiger charge is -2.30. The number of carbonyl (C=O) groups excluding carboxylic acids is 1. The minimum atomic E-state index is -3.49. The number of amides is 1. The van der Waals surface area contributed by atoms with Gasteiger partial charge in [-0.1, -0.05) is 13.0 Å². The van der Waals surface area contributed by atoms with E-state index in [-0.39, 0.29) is 10.8 Å². The molecule has 2 fully saturated rings. The summed E-state index contributed by atoms with van der Waals surface area (Å²) in [6.45, 7) is 7.30. The fraction of sp³-hybridized carbons (Fsp3) is 0.650. The molecule has 3 rings (SSSR count). The van der Waals surface area contributed by atoms with Gasteiger partial charge in [0.1, 0.15) is 0 Å². The summed E-state index contributed by atoms with van der Waals surface area (Å²) in [6, 6.07) is 6.38. The van der Waals surface area contributed by atoms with Gasteiger partial charge >= 0.3 is 0 Å². The summed E-state index contributed by atoms with van der Waals surface area (Å²) < 4.78 is 26.8. The number of rotatable bonds is 7. The Labute approximate surface area is 163 Å². The highest BCUT2D eigenvalue weighted by atomic mass is 32.2. The van der Waals surface area contributed by atoms with E-state index in [1.54, 1.807) is 18.2 Å². The molecule has 0 aromatic heterocycles. The molecule has 1 N–H and O–H groups in total. The maximum Gasteiger partial charge on any atom is 0.251 e. The van der Waals surface area contributed by atoms with E-state index in [9.17, 15) is 13.2 Å². The van der Waals surface area contributed by atoms with Crippen LogP contribution in [0.3, 0.4) is 0 Å². The zero-order chi connectivity index (χ0) is 19.3. The van der Waals surface area contributed by atoms with Gasteiger partial charge in [-0.25, -0.2) is 8.42 Å². The topological polar surface area (TPSA) is 69.7 Å². The first-order chi connectivity index (χ1) is 13.0. The molecule has 0 spiro atoms. The molecule has 2 saturated heterocycles. The van der Waals surface area contributed by atoms with E-state index >= 15 is 0 Å². The number of benzene rings is 1. The number of hydrogen-bond donors (Lipinski definition) is 1. The number of carbonyl (C=O) groups is 1. The van der Waals surface area contributed by atoms with Crippen molar-refractivity contribution in [1.29, 1.82) is 0 Å². The van der Waals surface area contributed by atoms with E-state index in [0.717, 1.165) is 44.8 Å². The predicted molar refractivity (Wildman–Crippen MR) is 106 cm³/mol. The molecule has 2 heterocycles. The Morgan fingerprint density at radius 2 is 1.96 bits per heavy atom. The van der Waals surface area contributed by atoms with Crippen LogP contribution in [0.5, 0.6) is 0 Å². The summed E-state index contributed by atoms with van der Waals surface area (Å²) in [5, 5.41) is 2.92. The van der Waals surface area contributed by atoms with Gasteiger partial charge in [0.2, 0.25) is 10.0 Å². The summed E-state index contributed by atoms with van der Waals surface area (Å²) in [6.07, 6.45) is 5.27. The van der Waals surface area contributed by atoms with Gasteiger partial charge in [0.05, 0.1) is 4.90 Å². The third kappa shape index (κ3) is 5.30. The van der Waals surface area contributed by atoms with E-state index in [4.69, 9.17) is 0 Å². The standard InChI is InChI=1S/C20H31N3O3S/c1-17-7-5-11-22(16-17)12-6-10-21-20(24)18-8-4-9-19(15-18)27(25,26)23-13-2-3-14-23/h4,8-9,15,17H,2-3,5-7,10-14,16H2,1H3,(H,21,24)/t17-/m0/s1. The van der Waals surface area contributed by atoms with Gasteiger partial charge in [0.15, 0.2) is 0 Å². The van der Waals surface area contributed by atoms with E-state index in [1.807, 2.05) is 0 Å². The largest absolute Gasteiger partial charge is 0.352 e. The van der Waals surface area contributed by atoms with Gasteiger partial charge in [0, 0.05) is 31.7 Å². The minimum absolute atomic E-state index is 0.208. The zero-order valence-corrected chi connectivity index (χ0v) is 17.0. The summed E-state index contributed by atoms with van der Waals surface area (Å²) in [7, 11) is -3.49. The lowest BCUT2D eigenvalue weighted by atomic mass is 10.0. The molecule has 150 valence electrons. The maximum absolute atomic E-state index is 12.7. The molecule has 0 radical (unpaired) electrons. The van der Waals surface area contributed by atoms with Gasteiger partial charge in [-0.2, -0.15) is 4.31 Å². The van der Waals surface area contributed by atoms with E-state index in [1.165, 1.54) is 23.2 Å². The number of piperidine rings is 1. The highest BCUT2D eigenvalue weighted by Gasteiger charge is 2.27. The van der Waals surface area contributed by atoms with Gasteiger partial charge in [-0.05, 0) is 69.3 Å². The second-order valence-electron chi connectivity index (χ2n) is 7.80. The molecule has 1 aromatic rings. The molecule has 0 bridgehead atoms. The van der Waals surface area contributed by atoms with Crippen LogP contribution in [0.2, 0.25) is 0 Å². The molecule has 0 aliphatic carbocycles. The van der Waals surface area contributed by atoms with Crippen molar-refractivity contribution < 1.29 is 13.2 Å². The van der Waals surface area contributed by atoms with Crippen LogP contribution in [0.25, 0.3) is 0 Å². The van der Waals surface area contributed by atoms with Crippen LogP contribution in [-0.2, 0) is 10.0 Å². The Morgan fingerprint density at radius 1 is 1.19 bits per heavy atom. The maximum atomic E-state index is 12.7. The van der Waals surface area contributed by atoms with E-state index in [0.29, 0.717) is 25.2 Å². The fourth-order valence-corrected chi connectivity index (χ4v) is 5.54. The molecule has 1 atom stereocenters. The fourth-order valence-electron chi connectivity index (χ4n) is 3.97. The summed E-state index contributed by atoms with van der Waals surface area (Å²) in [5.41, 5.74) is 0.405. The molecule has 0 saturated carbocycles. The zero-order valence-electron chi connectivity index (χ0n) is 16.2. The molecular weight excluding hydrogens is 362 g/mol. The summed E-state index contributed by atoms with van der Waals surface area (Å²) in [5.74, 6) is 0.550. The first-order valence-corrected chi connectivity index (χ1v) is 11.5. The lowest BCUT2D eigenvalue weighted by molar-refractivity contribution is 0.0950. The van der Waals surface area contributed by atoms with Gasteiger partial charge in [-0.15, -0.1) is 0 Å². The van der Waals surface area contributed by atoms with Crippen molar-refractivity contribution in [2.75, 3.05) is 39.3 Å². The average molecular weight is 394 g/mol. The van der Waals surface area contributed by atoms with Crippen molar-refractivity contribution in [2.24, 2.45) is 5.92 Å². The Bertz CT molecular complexity index is 745. The quantitative estimate of drug-likeness (QED) is 0.722. The second-order valence-corrected chi connectivity index (χ2v) is 9.73. The van der Waals surface area contributed by atoms with Crippen LogP contribution in [-0.4, -0.2) is 62.8 Å². The number of nitrogens with zero attached hydrogens (tertiary/aromatic N) is 2. The summed E-state index contributed by atoms with van der Waals surface area (Å²) >= 11 is 0. The van der Waals surface area contributed by atoms with E-state index in [2.05, 4.69) is 17.1 Å². The molecule has 27 heavy (non-hydrogen) atoms. The van der Waals surface area contributed by atoms with Crippen molar-refractivity contribution in [3.63, 3.8) is 0 Å². The molecule has 6 nitrogen and oxygen atoms in total. The molecule has 1 amide bonds. The number of likely N-dealkylation sites (tertiary alicyclic amines) is 1. The van der Waals surface area contributed by atoms with Crippen molar-refractivity contribution in [3.8, 4) is 0 Å². The highest BCUT2D eigenvalue weighted by molar-refractivity contribution is 7.89. The van der Waals surface area contributed by atoms with Crippen LogP contribution in [0, 0.1) is 5.92 Å². The van der Waals surface area contributed by atoms with Crippen molar-refractivity contribution in [3.05, 3.63) is 29.8 Å². The highest BCUT2D eigenvalue weighted by Crippen LogP contribution is 2.21. The van der Waals surface area contributed by atoms with Crippen molar-refractivity contribution in [2.45, 2.75) is 43.9 Å². The van der Waals surface area contributed by atoms with Crippen LogP contribution in [0.1, 0.15) is 49.4 Å². The molecular formula is C20H31N3O3S. The molecule has 0 unspecified atom stereocenters. The molecule has 2 aliphatic heterocycles. The van der Waals surface area contributed by atoms with Crippen LogP contribution >= 0.6 is 0 Å². The average Bonchev–Trinajstić information content (AvgIpc) is 3.21. The molecule has 1 aromatic carbocycles. The third-order valence-corrected chi connectivity index (χ3v) is 7.37. The van der Waals surface area contributed by atoms with Crippen LogP contribution < -0.4 is 5.32 Å². The van der Waals surface area contributed by atoms with Gasteiger partial charge < -0.3 is 10.2 Å². The normalized spacial score (nSPS) is 22.0.